The lowest BCUT2D eigenvalue weighted by Crippen LogP contribution is -2.18. The second-order valence-electron chi connectivity index (χ2n) is 4.51. The number of pyridine rings is 1. The summed E-state index contributed by atoms with van der Waals surface area (Å²) in [5.74, 6) is -0.418. The Hall–Kier alpha value is -2.14. The minimum absolute atomic E-state index is 0.307. The summed E-state index contributed by atoms with van der Waals surface area (Å²) in [5, 5.41) is 13.4. The molecule has 2 aromatic rings. The molecule has 2 N–H and O–H groups in total. The van der Waals surface area contributed by atoms with Gasteiger partial charge in [-0.1, -0.05) is 18.2 Å². The maximum absolute atomic E-state index is 12.0. The van der Waals surface area contributed by atoms with E-state index in [-0.39, 0.29) is 0 Å². The van der Waals surface area contributed by atoms with Gasteiger partial charge >= 0.3 is 5.97 Å². The Morgan fingerprint density at radius 3 is 2.90 bits per heavy atom. The Bertz CT molecular complexity index is 611. The standard InChI is InChI=1S/C15H18N2O3/c1-3-20-15(19)12-9-16-13-7-5-4-6-11(13)14(12)17-8-10(2)18/h4-7,9-10,18H,3,8H2,1-2H3,(H,16,17). The average molecular weight is 274 g/mol. The predicted molar refractivity (Wildman–Crippen MR) is 77.9 cm³/mol. The molecule has 1 unspecified atom stereocenters. The van der Waals surface area contributed by atoms with Gasteiger partial charge in [-0.15, -0.1) is 0 Å². The van der Waals surface area contributed by atoms with Gasteiger partial charge in [-0.2, -0.15) is 0 Å². The van der Waals surface area contributed by atoms with E-state index in [2.05, 4.69) is 10.3 Å². The molecule has 0 saturated carbocycles. The van der Waals surface area contributed by atoms with Crippen molar-refractivity contribution in [1.82, 2.24) is 4.98 Å². The fourth-order valence-electron chi connectivity index (χ4n) is 1.95. The highest BCUT2D eigenvalue weighted by Crippen LogP contribution is 2.26. The average Bonchev–Trinajstić information content (AvgIpc) is 2.44. The van der Waals surface area contributed by atoms with Crippen molar-refractivity contribution < 1.29 is 14.6 Å². The SMILES string of the molecule is CCOC(=O)c1cnc2ccccc2c1NCC(C)O. The van der Waals surface area contributed by atoms with Crippen molar-refractivity contribution in [3.8, 4) is 0 Å². The van der Waals surface area contributed by atoms with Crippen molar-refractivity contribution in [2.75, 3.05) is 18.5 Å². The molecule has 0 saturated heterocycles. The van der Waals surface area contributed by atoms with Gasteiger partial charge in [0.15, 0.2) is 0 Å². The Morgan fingerprint density at radius 2 is 2.20 bits per heavy atom. The summed E-state index contributed by atoms with van der Waals surface area (Å²) in [5.41, 5.74) is 1.81. The first-order chi connectivity index (χ1) is 9.63. The quantitative estimate of drug-likeness (QED) is 0.818. The van der Waals surface area contributed by atoms with E-state index < -0.39 is 12.1 Å². The summed E-state index contributed by atoms with van der Waals surface area (Å²) >= 11 is 0. The normalized spacial score (nSPS) is 12.2. The molecule has 0 amide bonds. The molecule has 5 nitrogen and oxygen atoms in total. The van der Waals surface area contributed by atoms with Gasteiger partial charge in [-0.3, -0.25) is 4.98 Å². The Labute approximate surface area is 117 Å². The lowest BCUT2D eigenvalue weighted by molar-refractivity contribution is 0.0527. The highest BCUT2D eigenvalue weighted by Gasteiger charge is 2.16. The fraction of sp³-hybridized carbons (Fsp3) is 0.333. The first kappa shape index (κ1) is 14.3. The van der Waals surface area contributed by atoms with E-state index >= 15 is 0 Å². The van der Waals surface area contributed by atoms with Crippen LogP contribution in [0.4, 0.5) is 5.69 Å². The number of nitrogens with zero attached hydrogens (tertiary/aromatic N) is 1. The number of benzene rings is 1. The Balaban J connectivity index is 2.49. The van der Waals surface area contributed by atoms with Crippen LogP contribution in [0.15, 0.2) is 30.5 Å². The monoisotopic (exact) mass is 274 g/mol. The lowest BCUT2D eigenvalue weighted by atomic mass is 10.1. The predicted octanol–water partition coefficient (Wildman–Crippen LogP) is 2.20. The minimum atomic E-state index is -0.517. The molecule has 0 spiro atoms. The molecule has 106 valence electrons. The zero-order chi connectivity index (χ0) is 14.5. The number of aromatic nitrogens is 1. The number of hydrogen-bond acceptors (Lipinski definition) is 5. The van der Waals surface area contributed by atoms with Crippen LogP contribution in [-0.2, 0) is 4.74 Å². The molecular weight excluding hydrogens is 256 g/mol. The molecule has 0 aliphatic heterocycles. The van der Waals surface area contributed by atoms with Crippen molar-refractivity contribution >= 4 is 22.6 Å². The molecule has 20 heavy (non-hydrogen) atoms. The van der Waals surface area contributed by atoms with Gasteiger partial charge in [0.1, 0.15) is 5.56 Å². The largest absolute Gasteiger partial charge is 0.462 e. The third-order valence-electron chi connectivity index (χ3n) is 2.85. The Kier molecular flexibility index (Phi) is 4.53. The first-order valence-corrected chi connectivity index (χ1v) is 6.60. The number of esters is 1. The molecule has 0 bridgehead atoms. The molecule has 0 aliphatic carbocycles. The molecule has 1 atom stereocenters. The number of hydrogen-bond donors (Lipinski definition) is 2. The van der Waals surface area contributed by atoms with Crippen molar-refractivity contribution in [3.63, 3.8) is 0 Å². The summed E-state index contributed by atoms with van der Waals surface area (Å²) < 4.78 is 5.04. The van der Waals surface area contributed by atoms with Crippen molar-refractivity contribution in [2.45, 2.75) is 20.0 Å². The van der Waals surface area contributed by atoms with Gasteiger partial charge in [-0.05, 0) is 19.9 Å². The second kappa shape index (κ2) is 6.34. The molecule has 1 heterocycles. The third kappa shape index (κ3) is 3.05. The third-order valence-corrected chi connectivity index (χ3v) is 2.85. The summed E-state index contributed by atoms with van der Waals surface area (Å²) in [6, 6.07) is 7.53. The van der Waals surface area contributed by atoms with E-state index in [0.717, 1.165) is 10.9 Å². The minimum Gasteiger partial charge on any atom is -0.462 e. The number of nitrogens with one attached hydrogen (secondary N) is 1. The van der Waals surface area contributed by atoms with Crippen LogP contribution >= 0.6 is 0 Å². The summed E-state index contributed by atoms with van der Waals surface area (Å²) in [7, 11) is 0. The highest BCUT2D eigenvalue weighted by atomic mass is 16.5. The number of fused-ring (bicyclic) bond motifs is 1. The van der Waals surface area contributed by atoms with Crippen molar-refractivity contribution in [1.29, 1.82) is 0 Å². The van der Waals surface area contributed by atoms with E-state index in [1.165, 1.54) is 6.20 Å². The van der Waals surface area contributed by atoms with Crippen LogP contribution in [0.2, 0.25) is 0 Å². The molecule has 1 aromatic heterocycles. The number of carbonyl (C=O) groups excluding carboxylic acids is 1. The van der Waals surface area contributed by atoms with Crippen molar-refractivity contribution in [2.24, 2.45) is 0 Å². The van der Waals surface area contributed by atoms with Gasteiger partial charge in [-0.25, -0.2) is 4.79 Å². The van der Waals surface area contributed by atoms with Gasteiger partial charge in [0.05, 0.1) is 23.9 Å². The van der Waals surface area contributed by atoms with Gasteiger partial charge in [0.25, 0.3) is 0 Å². The molecule has 0 fully saturated rings. The highest BCUT2D eigenvalue weighted by molar-refractivity contribution is 6.04. The van der Waals surface area contributed by atoms with Gasteiger partial charge < -0.3 is 15.2 Å². The number of rotatable bonds is 5. The number of aliphatic hydroxyl groups excluding tert-OH is 1. The maximum atomic E-state index is 12.0. The number of anilines is 1. The van der Waals surface area contributed by atoms with E-state index in [9.17, 15) is 9.90 Å². The smallest absolute Gasteiger partial charge is 0.341 e. The summed E-state index contributed by atoms with van der Waals surface area (Å²) in [6.07, 6.45) is 0.988. The van der Waals surface area contributed by atoms with Crippen LogP contribution in [0.5, 0.6) is 0 Å². The molecule has 5 heteroatoms. The van der Waals surface area contributed by atoms with Gasteiger partial charge in [0.2, 0.25) is 0 Å². The van der Waals surface area contributed by atoms with E-state index in [0.29, 0.717) is 24.4 Å². The summed E-state index contributed by atoms with van der Waals surface area (Å²) in [4.78, 5) is 16.3. The number of aliphatic hydroxyl groups is 1. The van der Waals surface area contributed by atoms with Crippen LogP contribution in [0.3, 0.4) is 0 Å². The van der Waals surface area contributed by atoms with Crippen LogP contribution < -0.4 is 5.32 Å². The zero-order valence-corrected chi connectivity index (χ0v) is 11.6. The van der Waals surface area contributed by atoms with Crippen molar-refractivity contribution in [3.05, 3.63) is 36.0 Å². The van der Waals surface area contributed by atoms with E-state index in [4.69, 9.17) is 4.74 Å². The number of para-hydroxylation sites is 1. The molecule has 0 radical (unpaired) electrons. The zero-order valence-electron chi connectivity index (χ0n) is 11.6. The second-order valence-corrected chi connectivity index (χ2v) is 4.51. The number of ether oxygens (including phenoxy) is 1. The first-order valence-electron chi connectivity index (χ1n) is 6.60. The summed E-state index contributed by atoms with van der Waals surface area (Å²) in [6.45, 7) is 4.09. The lowest BCUT2D eigenvalue weighted by Gasteiger charge is -2.14. The molecule has 0 aliphatic rings. The fourth-order valence-corrected chi connectivity index (χ4v) is 1.95. The molecule has 1 aromatic carbocycles. The number of carbonyl (C=O) groups is 1. The van der Waals surface area contributed by atoms with Crippen LogP contribution in [0.1, 0.15) is 24.2 Å². The van der Waals surface area contributed by atoms with Crippen LogP contribution in [0.25, 0.3) is 10.9 Å². The van der Waals surface area contributed by atoms with E-state index in [1.54, 1.807) is 13.8 Å². The topological polar surface area (TPSA) is 71.5 Å². The van der Waals surface area contributed by atoms with Gasteiger partial charge in [0, 0.05) is 18.1 Å². The van der Waals surface area contributed by atoms with Crippen LogP contribution in [-0.4, -0.2) is 35.3 Å². The maximum Gasteiger partial charge on any atom is 0.341 e. The molecular formula is C15H18N2O3. The van der Waals surface area contributed by atoms with E-state index in [1.807, 2.05) is 24.3 Å². The van der Waals surface area contributed by atoms with Crippen LogP contribution in [0, 0.1) is 0 Å². The molecule has 2 rings (SSSR count). The Morgan fingerprint density at radius 1 is 1.45 bits per heavy atom.